The molecular formula is C18H30BrIN4O2. The largest absolute Gasteiger partial charge is 0.492 e. The SMILES string of the molecule is CCNC(=NCCCN1CCOCC1)NCCOc1ccc(Br)cc1.I. The smallest absolute Gasteiger partial charge is 0.191 e. The second kappa shape index (κ2) is 14.5. The standard InChI is InChI=1S/C18H29BrN4O2.HI/c1-2-20-18(21-8-3-10-23-11-14-24-15-12-23)22-9-13-25-17-6-4-16(19)5-7-17;/h4-7H,2-3,8-15H2,1H3,(H2,20,21,22);1H. The molecule has 0 spiro atoms. The fraction of sp³-hybridized carbons (Fsp3) is 0.611. The van der Waals surface area contributed by atoms with Crippen molar-refractivity contribution in [2.75, 3.05) is 59.1 Å². The summed E-state index contributed by atoms with van der Waals surface area (Å²) in [4.78, 5) is 7.06. The first-order valence-electron chi connectivity index (χ1n) is 8.98. The fourth-order valence-electron chi connectivity index (χ4n) is 2.52. The molecule has 0 bridgehead atoms. The van der Waals surface area contributed by atoms with Gasteiger partial charge in [0.1, 0.15) is 12.4 Å². The molecule has 26 heavy (non-hydrogen) atoms. The number of ether oxygens (including phenoxy) is 2. The maximum Gasteiger partial charge on any atom is 0.191 e. The molecule has 0 saturated carbocycles. The number of morpholine rings is 1. The van der Waals surface area contributed by atoms with E-state index >= 15 is 0 Å². The van der Waals surface area contributed by atoms with E-state index in [2.05, 4.69) is 43.4 Å². The van der Waals surface area contributed by atoms with Crippen molar-refractivity contribution in [3.63, 3.8) is 0 Å². The fourth-order valence-corrected chi connectivity index (χ4v) is 2.79. The van der Waals surface area contributed by atoms with Crippen LogP contribution in [0.1, 0.15) is 13.3 Å². The second-order valence-electron chi connectivity index (χ2n) is 5.80. The van der Waals surface area contributed by atoms with Gasteiger partial charge in [-0.1, -0.05) is 15.9 Å². The van der Waals surface area contributed by atoms with Crippen LogP contribution in [-0.4, -0.2) is 69.9 Å². The summed E-state index contributed by atoms with van der Waals surface area (Å²) < 4.78 is 12.1. The van der Waals surface area contributed by atoms with E-state index in [4.69, 9.17) is 9.47 Å². The van der Waals surface area contributed by atoms with Gasteiger partial charge >= 0.3 is 0 Å². The van der Waals surface area contributed by atoms with Crippen LogP contribution in [0.5, 0.6) is 5.75 Å². The summed E-state index contributed by atoms with van der Waals surface area (Å²) in [5, 5.41) is 6.58. The molecular weight excluding hydrogens is 511 g/mol. The summed E-state index contributed by atoms with van der Waals surface area (Å²) >= 11 is 3.42. The van der Waals surface area contributed by atoms with Crippen LogP contribution in [0.4, 0.5) is 0 Å². The van der Waals surface area contributed by atoms with E-state index < -0.39 is 0 Å². The molecule has 2 N–H and O–H groups in total. The molecule has 1 fully saturated rings. The summed E-state index contributed by atoms with van der Waals surface area (Å²) in [5.74, 6) is 1.72. The van der Waals surface area contributed by atoms with Gasteiger partial charge in [0.15, 0.2) is 5.96 Å². The molecule has 6 nitrogen and oxygen atoms in total. The molecule has 0 aliphatic carbocycles. The number of benzene rings is 1. The molecule has 1 saturated heterocycles. The van der Waals surface area contributed by atoms with Crippen LogP contribution in [-0.2, 0) is 4.74 Å². The quantitative estimate of drug-likeness (QED) is 0.218. The van der Waals surface area contributed by atoms with Crippen molar-refractivity contribution in [3.8, 4) is 5.75 Å². The minimum atomic E-state index is 0. The summed E-state index contributed by atoms with van der Waals surface area (Å²) in [6.45, 7) is 9.92. The van der Waals surface area contributed by atoms with Crippen molar-refractivity contribution in [2.24, 2.45) is 4.99 Å². The molecule has 1 aromatic carbocycles. The van der Waals surface area contributed by atoms with Crippen molar-refractivity contribution in [2.45, 2.75) is 13.3 Å². The van der Waals surface area contributed by atoms with Crippen LogP contribution in [0.2, 0.25) is 0 Å². The zero-order valence-corrected chi connectivity index (χ0v) is 19.3. The van der Waals surface area contributed by atoms with Crippen molar-refractivity contribution in [3.05, 3.63) is 28.7 Å². The van der Waals surface area contributed by atoms with E-state index in [1.54, 1.807) is 0 Å². The van der Waals surface area contributed by atoms with Gasteiger partial charge in [-0.3, -0.25) is 9.89 Å². The number of nitrogens with one attached hydrogen (secondary N) is 2. The number of halogens is 2. The van der Waals surface area contributed by atoms with Crippen LogP contribution >= 0.6 is 39.9 Å². The lowest BCUT2D eigenvalue weighted by Crippen LogP contribution is -2.39. The summed E-state index contributed by atoms with van der Waals surface area (Å²) in [5.41, 5.74) is 0. The Morgan fingerprint density at radius 2 is 1.96 bits per heavy atom. The number of nitrogens with zero attached hydrogens (tertiary/aromatic N) is 2. The predicted octanol–water partition coefficient (Wildman–Crippen LogP) is 2.72. The Morgan fingerprint density at radius 1 is 1.23 bits per heavy atom. The van der Waals surface area contributed by atoms with E-state index in [1.165, 1.54) is 0 Å². The third-order valence-electron chi connectivity index (χ3n) is 3.83. The number of hydrogen-bond acceptors (Lipinski definition) is 4. The van der Waals surface area contributed by atoms with Gasteiger partial charge in [0.2, 0.25) is 0 Å². The van der Waals surface area contributed by atoms with E-state index in [-0.39, 0.29) is 24.0 Å². The van der Waals surface area contributed by atoms with Crippen LogP contribution in [0.3, 0.4) is 0 Å². The number of aliphatic imine (C=N–C) groups is 1. The average Bonchev–Trinajstić information content (AvgIpc) is 2.64. The van der Waals surface area contributed by atoms with Gasteiger partial charge in [0, 0.05) is 37.2 Å². The van der Waals surface area contributed by atoms with Gasteiger partial charge < -0.3 is 20.1 Å². The highest BCUT2D eigenvalue weighted by Gasteiger charge is 2.08. The zero-order valence-electron chi connectivity index (χ0n) is 15.4. The monoisotopic (exact) mass is 540 g/mol. The van der Waals surface area contributed by atoms with Crippen molar-refractivity contribution in [1.82, 2.24) is 15.5 Å². The van der Waals surface area contributed by atoms with Gasteiger partial charge in [-0.15, -0.1) is 24.0 Å². The topological polar surface area (TPSA) is 58.1 Å². The van der Waals surface area contributed by atoms with Crippen molar-refractivity contribution >= 4 is 45.9 Å². The Labute approximate surface area is 182 Å². The predicted molar refractivity (Wildman–Crippen MR) is 121 cm³/mol. The zero-order chi connectivity index (χ0) is 17.7. The van der Waals surface area contributed by atoms with Gasteiger partial charge in [-0.25, -0.2) is 0 Å². The highest BCUT2D eigenvalue weighted by atomic mass is 127. The van der Waals surface area contributed by atoms with E-state index in [9.17, 15) is 0 Å². The van der Waals surface area contributed by atoms with Gasteiger partial charge in [0.25, 0.3) is 0 Å². The lowest BCUT2D eigenvalue weighted by Gasteiger charge is -2.26. The molecule has 1 aliphatic heterocycles. The Bertz CT molecular complexity index is 510. The van der Waals surface area contributed by atoms with E-state index in [1.807, 2.05) is 24.3 Å². The average molecular weight is 541 g/mol. The first-order valence-corrected chi connectivity index (χ1v) is 9.78. The highest BCUT2D eigenvalue weighted by Crippen LogP contribution is 2.15. The van der Waals surface area contributed by atoms with Crippen LogP contribution < -0.4 is 15.4 Å². The van der Waals surface area contributed by atoms with Crippen LogP contribution in [0, 0.1) is 0 Å². The molecule has 0 radical (unpaired) electrons. The molecule has 148 valence electrons. The molecule has 0 unspecified atom stereocenters. The number of hydrogen-bond donors (Lipinski definition) is 2. The number of rotatable bonds is 9. The minimum Gasteiger partial charge on any atom is -0.492 e. The number of guanidine groups is 1. The van der Waals surface area contributed by atoms with E-state index in [0.717, 1.165) is 68.5 Å². The third-order valence-corrected chi connectivity index (χ3v) is 4.36. The van der Waals surface area contributed by atoms with E-state index in [0.29, 0.717) is 13.2 Å². The summed E-state index contributed by atoms with van der Waals surface area (Å²) in [7, 11) is 0. The molecule has 1 aliphatic rings. The van der Waals surface area contributed by atoms with Crippen LogP contribution in [0.15, 0.2) is 33.7 Å². The molecule has 0 aromatic heterocycles. The Balaban J connectivity index is 0.00000338. The van der Waals surface area contributed by atoms with Crippen molar-refractivity contribution in [1.29, 1.82) is 0 Å². The normalized spacial score (nSPS) is 15.2. The lowest BCUT2D eigenvalue weighted by molar-refractivity contribution is 0.0377. The summed E-state index contributed by atoms with van der Waals surface area (Å²) in [6, 6.07) is 7.86. The Kier molecular flexibility index (Phi) is 13.1. The lowest BCUT2D eigenvalue weighted by atomic mass is 10.3. The molecule has 0 atom stereocenters. The maximum absolute atomic E-state index is 5.71. The minimum absolute atomic E-state index is 0. The van der Waals surface area contributed by atoms with Gasteiger partial charge in [-0.05, 0) is 37.6 Å². The Hall–Kier alpha value is -0.580. The first kappa shape index (κ1) is 23.5. The first-order chi connectivity index (χ1) is 12.3. The Morgan fingerprint density at radius 3 is 2.65 bits per heavy atom. The maximum atomic E-state index is 5.71. The highest BCUT2D eigenvalue weighted by molar-refractivity contribution is 14.0. The third kappa shape index (κ3) is 9.94. The molecule has 8 heteroatoms. The van der Waals surface area contributed by atoms with Gasteiger partial charge in [-0.2, -0.15) is 0 Å². The summed E-state index contributed by atoms with van der Waals surface area (Å²) in [6.07, 6.45) is 1.06. The molecule has 2 rings (SSSR count). The van der Waals surface area contributed by atoms with Gasteiger partial charge in [0.05, 0.1) is 19.8 Å². The molecule has 1 aromatic rings. The molecule has 1 heterocycles. The van der Waals surface area contributed by atoms with Crippen molar-refractivity contribution < 1.29 is 9.47 Å². The second-order valence-corrected chi connectivity index (χ2v) is 6.71. The van der Waals surface area contributed by atoms with Crippen LogP contribution in [0.25, 0.3) is 0 Å². The molecule has 0 amide bonds.